The van der Waals surface area contributed by atoms with E-state index >= 15 is 0 Å². The molecular formula is C43H47BN2. The van der Waals surface area contributed by atoms with Crippen molar-refractivity contribution in [3.63, 3.8) is 0 Å². The van der Waals surface area contributed by atoms with Crippen LogP contribution in [0.3, 0.4) is 0 Å². The van der Waals surface area contributed by atoms with E-state index in [0.717, 1.165) is 39.6 Å². The zero-order valence-corrected chi connectivity index (χ0v) is 28.8. The van der Waals surface area contributed by atoms with Gasteiger partial charge in [-0.2, -0.15) is 0 Å². The zero-order valence-electron chi connectivity index (χ0n) is 31.8. The molecule has 0 saturated carbocycles. The SMILES string of the molecule is [2H]C([2H])([2H])c1cc2c3c(c1)N(c1ccc(C(C)(C)C)cc1)c1ccc(C(C)(C)C)cc1B3c1ccccc1N2c1ccc(C(C)(C)C)cc1. The van der Waals surface area contributed by atoms with Crippen molar-refractivity contribution in [1.82, 2.24) is 0 Å². The van der Waals surface area contributed by atoms with E-state index in [0.29, 0.717) is 5.56 Å². The Hall–Kier alpha value is -4.24. The minimum atomic E-state index is -2.29. The molecule has 0 radical (unpaired) electrons. The molecule has 5 aromatic carbocycles. The minimum Gasteiger partial charge on any atom is -0.311 e. The molecule has 2 nitrogen and oxygen atoms in total. The van der Waals surface area contributed by atoms with Crippen LogP contribution in [0, 0.1) is 6.85 Å². The van der Waals surface area contributed by atoms with E-state index in [1.165, 1.54) is 27.6 Å². The summed E-state index contributed by atoms with van der Waals surface area (Å²) in [6.45, 7) is 17.8. The second-order valence-corrected chi connectivity index (χ2v) is 16.2. The van der Waals surface area contributed by atoms with E-state index in [2.05, 4.69) is 163 Å². The van der Waals surface area contributed by atoms with Gasteiger partial charge in [-0.1, -0.05) is 117 Å². The van der Waals surface area contributed by atoms with Crippen LogP contribution in [0.25, 0.3) is 0 Å². The monoisotopic (exact) mass is 605 g/mol. The Bertz CT molecular complexity index is 2040. The highest BCUT2D eigenvalue weighted by molar-refractivity contribution is 7.00. The summed E-state index contributed by atoms with van der Waals surface area (Å²) in [5.41, 5.74) is 13.7. The molecule has 232 valence electrons. The third kappa shape index (κ3) is 4.96. The van der Waals surface area contributed by atoms with Crippen molar-refractivity contribution in [2.75, 3.05) is 9.80 Å². The highest BCUT2D eigenvalue weighted by Crippen LogP contribution is 2.45. The van der Waals surface area contributed by atoms with Gasteiger partial charge in [0.15, 0.2) is 0 Å². The molecule has 0 aromatic heterocycles. The van der Waals surface area contributed by atoms with Gasteiger partial charge >= 0.3 is 0 Å². The summed E-state index contributed by atoms with van der Waals surface area (Å²) in [5, 5.41) is 0. The molecule has 2 aliphatic rings. The summed E-state index contributed by atoms with van der Waals surface area (Å²) in [7, 11) is 0. The van der Waals surface area contributed by atoms with Gasteiger partial charge in [-0.25, -0.2) is 0 Å². The van der Waals surface area contributed by atoms with Crippen LogP contribution in [-0.4, -0.2) is 6.71 Å². The number of fused-ring (bicyclic) bond motifs is 4. The maximum Gasteiger partial charge on any atom is 0.252 e. The van der Waals surface area contributed by atoms with Crippen LogP contribution in [0.1, 0.15) is 88.7 Å². The van der Waals surface area contributed by atoms with Crippen molar-refractivity contribution in [1.29, 1.82) is 0 Å². The van der Waals surface area contributed by atoms with Gasteiger partial charge in [-0.05, 0) is 110 Å². The first kappa shape index (κ1) is 26.9. The molecule has 0 spiro atoms. The van der Waals surface area contributed by atoms with E-state index in [1.54, 1.807) is 0 Å². The number of rotatable bonds is 2. The highest BCUT2D eigenvalue weighted by Gasteiger charge is 2.43. The van der Waals surface area contributed by atoms with Crippen LogP contribution >= 0.6 is 0 Å². The average Bonchev–Trinajstić information content (AvgIpc) is 3.02. The predicted molar refractivity (Wildman–Crippen MR) is 201 cm³/mol. The Morgan fingerprint density at radius 2 is 0.935 bits per heavy atom. The quantitative estimate of drug-likeness (QED) is 0.181. The standard InChI is InChI=1S/C43H47BN2/c1-28-25-38-40-39(26-28)46(33-22-17-30(18-23-33)42(5,6)7)37-24-19-31(43(8,9)10)27-35(37)44(40)34-13-11-12-14-36(34)45(38)32-20-15-29(16-21-32)41(2,3)4/h11-27H,1-10H3/i1D3. The first-order valence-electron chi connectivity index (χ1n) is 18.1. The summed E-state index contributed by atoms with van der Waals surface area (Å²) >= 11 is 0. The normalized spacial score (nSPS) is 15.4. The fourth-order valence-electron chi connectivity index (χ4n) is 7.20. The second-order valence-electron chi connectivity index (χ2n) is 16.2. The van der Waals surface area contributed by atoms with E-state index in [4.69, 9.17) is 4.11 Å². The molecule has 46 heavy (non-hydrogen) atoms. The first-order chi connectivity index (χ1) is 22.8. The number of aryl methyl sites for hydroxylation is 1. The van der Waals surface area contributed by atoms with Crippen molar-refractivity contribution < 1.29 is 4.11 Å². The molecule has 0 aliphatic carbocycles. The van der Waals surface area contributed by atoms with E-state index in [9.17, 15) is 0 Å². The number of benzene rings is 5. The molecule has 0 unspecified atom stereocenters. The van der Waals surface area contributed by atoms with Gasteiger partial charge in [0.25, 0.3) is 6.71 Å². The molecule has 0 amide bonds. The third-order valence-electron chi connectivity index (χ3n) is 9.82. The Labute approximate surface area is 281 Å². The van der Waals surface area contributed by atoms with Crippen LogP contribution in [0.4, 0.5) is 34.1 Å². The number of nitrogens with zero attached hydrogens (tertiary/aromatic N) is 2. The fraction of sp³-hybridized carbons (Fsp3) is 0.302. The molecule has 0 atom stereocenters. The minimum absolute atomic E-state index is 0.0120. The molecule has 3 heteroatoms. The molecule has 0 saturated heterocycles. The summed E-state index contributed by atoms with van der Waals surface area (Å²) in [4.78, 5) is 4.58. The van der Waals surface area contributed by atoms with E-state index in [1.807, 2.05) is 12.1 Å². The maximum atomic E-state index is 8.65. The lowest BCUT2D eigenvalue weighted by atomic mass is 9.33. The topological polar surface area (TPSA) is 6.48 Å². The summed E-state index contributed by atoms with van der Waals surface area (Å²) in [5.74, 6) is 0. The van der Waals surface area contributed by atoms with Crippen molar-refractivity contribution in [2.45, 2.75) is 85.4 Å². The molecule has 2 heterocycles. The van der Waals surface area contributed by atoms with Gasteiger partial charge in [0.2, 0.25) is 0 Å². The Kier molecular flexibility index (Phi) is 6.08. The van der Waals surface area contributed by atoms with Crippen molar-refractivity contribution in [2.24, 2.45) is 0 Å². The van der Waals surface area contributed by atoms with E-state index in [-0.39, 0.29) is 23.0 Å². The summed E-state index contributed by atoms with van der Waals surface area (Å²) in [6, 6.07) is 37.0. The molecule has 0 fully saturated rings. The third-order valence-corrected chi connectivity index (χ3v) is 9.82. The zero-order chi connectivity index (χ0) is 35.3. The van der Waals surface area contributed by atoms with Crippen LogP contribution in [0.5, 0.6) is 0 Å². The highest BCUT2D eigenvalue weighted by atomic mass is 15.2. The Morgan fingerprint density at radius 1 is 0.478 bits per heavy atom. The van der Waals surface area contributed by atoms with E-state index < -0.39 is 6.85 Å². The lowest BCUT2D eigenvalue weighted by Crippen LogP contribution is -2.61. The smallest absolute Gasteiger partial charge is 0.252 e. The molecule has 5 aromatic rings. The van der Waals surface area contributed by atoms with Crippen molar-refractivity contribution >= 4 is 57.2 Å². The van der Waals surface area contributed by atoms with Crippen LogP contribution < -0.4 is 26.2 Å². The Morgan fingerprint density at radius 3 is 1.41 bits per heavy atom. The van der Waals surface area contributed by atoms with Crippen LogP contribution in [-0.2, 0) is 16.2 Å². The largest absolute Gasteiger partial charge is 0.311 e. The van der Waals surface area contributed by atoms with Crippen LogP contribution in [0.2, 0.25) is 0 Å². The van der Waals surface area contributed by atoms with Crippen molar-refractivity contribution in [3.05, 3.63) is 125 Å². The van der Waals surface area contributed by atoms with Gasteiger partial charge in [0, 0.05) is 38.2 Å². The number of para-hydroxylation sites is 1. The van der Waals surface area contributed by atoms with Gasteiger partial charge in [0.1, 0.15) is 0 Å². The first-order valence-corrected chi connectivity index (χ1v) is 16.6. The van der Waals surface area contributed by atoms with Gasteiger partial charge in [0.05, 0.1) is 0 Å². The fourth-order valence-corrected chi connectivity index (χ4v) is 7.20. The van der Waals surface area contributed by atoms with Crippen molar-refractivity contribution in [3.8, 4) is 0 Å². The lowest BCUT2D eigenvalue weighted by Gasteiger charge is -2.44. The number of hydrogen-bond donors (Lipinski definition) is 0. The summed E-state index contributed by atoms with van der Waals surface area (Å²) in [6.07, 6.45) is 0. The average molecular weight is 606 g/mol. The number of hydrogen-bond acceptors (Lipinski definition) is 2. The van der Waals surface area contributed by atoms with Gasteiger partial charge < -0.3 is 9.80 Å². The van der Waals surface area contributed by atoms with Gasteiger partial charge in [-0.15, -0.1) is 0 Å². The van der Waals surface area contributed by atoms with Gasteiger partial charge in [-0.3, -0.25) is 0 Å². The molecule has 0 N–H and O–H groups in total. The summed E-state index contributed by atoms with van der Waals surface area (Å²) < 4.78 is 25.9. The molecule has 2 aliphatic heterocycles. The maximum absolute atomic E-state index is 8.65. The lowest BCUT2D eigenvalue weighted by molar-refractivity contribution is 0.590. The second kappa shape index (κ2) is 10.4. The molecule has 7 rings (SSSR count). The number of anilines is 6. The molecule has 0 bridgehead atoms. The molecular weight excluding hydrogens is 555 g/mol. The predicted octanol–water partition coefficient (Wildman–Crippen LogP) is 9.97. The van der Waals surface area contributed by atoms with Crippen LogP contribution in [0.15, 0.2) is 103 Å². The Balaban J connectivity index is 1.57.